The van der Waals surface area contributed by atoms with Gasteiger partial charge < -0.3 is 10.2 Å². The quantitative estimate of drug-likeness (QED) is 0.829. The third-order valence-electron chi connectivity index (χ3n) is 4.27. The summed E-state index contributed by atoms with van der Waals surface area (Å²) in [7, 11) is 0. The molecule has 4 nitrogen and oxygen atoms in total. The van der Waals surface area contributed by atoms with E-state index in [1.165, 1.54) is 5.56 Å². The number of carbonyl (C=O) groups excluding carboxylic acids is 2. The molecule has 138 valence electrons. The summed E-state index contributed by atoms with van der Waals surface area (Å²) in [4.78, 5) is 27.1. The van der Waals surface area contributed by atoms with Gasteiger partial charge in [-0.3, -0.25) is 9.59 Å². The van der Waals surface area contributed by atoms with E-state index in [4.69, 9.17) is 0 Å². The third-order valence-corrected chi connectivity index (χ3v) is 4.27. The van der Waals surface area contributed by atoms with Gasteiger partial charge in [0.25, 0.3) is 0 Å². The first-order valence-electron chi connectivity index (χ1n) is 9.06. The zero-order valence-electron chi connectivity index (χ0n) is 16.0. The summed E-state index contributed by atoms with van der Waals surface area (Å²) in [5, 5.41) is 2.90. The maximum Gasteiger partial charge on any atom is 0.242 e. The van der Waals surface area contributed by atoms with Gasteiger partial charge >= 0.3 is 0 Å². The third kappa shape index (κ3) is 5.73. The lowest BCUT2D eigenvalue weighted by Gasteiger charge is -2.29. The first-order chi connectivity index (χ1) is 12.4. The number of carbonyl (C=O) groups is 2. The van der Waals surface area contributed by atoms with Crippen molar-refractivity contribution < 1.29 is 9.59 Å². The Balaban J connectivity index is 2.20. The van der Waals surface area contributed by atoms with Crippen molar-refractivity contribution in [2.75, 3.05) is 0 Å². The number of rotatable bonds is 7. The van der Waals surface area contributed by atoms with Gasteiger partial charge in [-0.15, -0.1) is 0 Å². The van der Waals surface area contributed by atoms with Gasteiger partial charge in [-0.05, 0) is 38.8 Å². The van der Waals surface area contributed by atoms with E-state index in [2.05, 4.69) is 5.32 Å². The maximum atomic E-state index is 13.0. The van der Waals surface area contributed by atoms with Crippen LogP contribution < -0.4 is 5.32 Å². The van der Waals surface area contributed by atoms with Gasteiger partial charge in [-0.1, -0.05) is 60.2 Å². The Morgan fingerprint density at radius 1 is 0.923 bits per heavy atom. The lowest BCUT2D eigenvalue weighted by Crippen LogP contribution is -2.49. The molecular weight excluding hydrogens is 324 g/mol. The van der Waals surface area contributed by atoms with Gasteiger partial charge in [-0.2, -0.15) is 0 Å². The van der Waals surface area contributed by atoms with Crippen molar-refractivity contribution in [3.8, 4) is 0 Å². The molecule has 26 heavy (non-hydrogen) atoms. The summed E-state index contributed by atoms with van der Waals surface area (Å²) in [5.41, 5.74) is 3.13. The van der Waals surface area contributed by atoms with Crippen LogP contribution in [0.5, 0.6) is 0 Å². The number of aryl methyl sites for hydroxylation is 1. The molecule has 0 fully saturated rings. The maximum absolute atomic E-state index is 13.0. The number of hydrogen-bond donors (Lipinski definition) is 1. The monoisotopic (exact) mass is 352 g/mol. The smallest absolute Gasteiger partial charge is 0.242 e. The van der Waals surface area contributed by atoms with Gasteiger partial charge in [-0.25, -0.2) is 0 Å². The van der Waals surface area contributed by atoms with Gasteiger partial charge in [0.1, 0.15) is 6.04 Å². The predicted molar refractivity (Wildman–Crippen MR) is 105 cm³/mol. The van der Waals surface area contributed by atoms with Crippen LogP contribution in [-0.4, -0.2) is 28.8 Å². The van der Waals surface area contributed by atoms with Crippen LogP contribution in [0.4, 0.5) is 0 Å². The van der Waals surface area contributed by atoms with Crippen LogP contribution in [0.3, 0.4) is 0 Å². The first-order valence-corrected chi connectivity index (χ1v) is 9.06. The number of nitrogens with zero attached hydrogens (tertiary/aromatic N) is 1. The van der Waals surface area contributed by atoms with Crippen LogP contribution in [0.25, 0.3) is 0 Å². The number of nitrogens with one attached hydrogen (secondary N) is 1. The summed E-state index contributed by atoms with van der Waals surface area (Å²) in [6.07, 6.45) is 0.284. The normalized spacial score (nSPS) is 11.9. The molecule has 0 bridgehead atoms. The molecular formula is C22H28N2O2. The van der Waals surface area contributed by atoms with E-state index in [1.807, 2.05) is 75.4 Å². The van der Waals surface area contributed by atoms with Crippen LogP contribution in [-0.2, 0) is 22.6 Å². The minimum Gasteiger partial charge on any atom is -0.352 e. The Morgan fingerprint density at radius 2 is 1.54 bits per heavy atom. The molecule has 0 saturated carbocycles. The summed E-state index contributed by atoms with van der Waals surface area (Å²) < 4.78 is 0. The molecule has 0 aromatic heterocycles. The van der Waals surface area contributed by atoms with Gasteiger partial charge in [0.15, 0.2) is 0 Å². The SMILES string of the molecule is Cc1ccc(CN(C(=O)Cc2ccccc2)[C@H](C)C(=O)NC(C)C)cc1. The molecule has 0 aliphatic rings. The van der Waals surface area contributed by atoms with Gasteiger partial charge in [0, 0.05) is 12.6 Å². The van der Waals surface area contributed by atoms with E-state index in [-0.39, 0.29) is 24.3 Å². The molecule has 2 amide bonds. The van der Waals surface area contributed by atoms with E-state index >= 15 is 0 Å². The summed E-state index contributed by atoms with van der Waals surface area (Å²) >= 11 is 0. The zero-order valence-corrected chi connectivity index (χ0v) is 16.0. The van der Waals surface area contributed by atoms with Crippen molar-refractivity contribution >= 4 is 11.8 Å². The van der Waals surface area contributed by atoms with Crippen LogP contribution >= 0.6 is 0 Å². The summed E-state index contributed by atoms with van der Waals surface area (Å²) in [6, 6.07) is 17.2. The fraction of sp³-hybridized carbons (Fsp3) is 0.364. The molecule has 4 heteroatoms. The van der Waals surface area contributed by atoms with Gasteiger partial charge in [0.2, 0.25) is 11.8 Å². The van der Waals surface area contributed by atoms with Crippen molar-refractivity contribution in [3.05, 3.63) is 71.3 Å². The molecule has 0 saturated heterocycles. The van der Waals surface area contributed by atoms with Crippen molar-refractivity contribution in [1.29, 1.82) is 0 Å². The van der Waals surface area contributed by atoms with Crippen LogP contribution in [0.1, 0.15) is 37.5 Å². The molecule has 1 atom stereocenters. The molecule has 0 heterocycles. The second kappa shape index (κ2) is 9.18. The molecule has 0 spiro atoms. The summed E-state index contributed by atoms with van der Waals surface area (Å²) in [5.74, 6) is -0.184. The van der Waals surface area contributed by atoms with Crippen molar-refractivity contribution in [1.82, 2.24) is 10.2 Å². The molecule has 0 aliphatic carbocycles. The first kappa shape index (κ1) is 19.7. The fourth-order valence-electron chi connectivity index (χ4n) is 2.75. The lowest BCUT2D eigenvalue weighted by atomic mass is 10.1. The Kier molecular flexibility index (Phi) is 6.96. The van der Waals surface area contributed by atoms with Crippen molar-refractivity contribution in [2.24, 2.45) is 0 Å². The van der Waals surface area contributed by atoms with E-state index in [0.29, 0.717) is 6.54 Å². The minimum absolute atomic E-state index is 0.0374. The summed E-state index contributed by atoms with van der Waals surface area (Å²) in [6.45, 7) is 8.07. The highest BCUT2D eigenvalue weighted by Crippen LogP contribution is 2.13. The van der Waals surface area contributed by atoms with Crippen LogP contribution in [0.2, 0.25) is 0 Å². The van der Waals surface area contributed by atoms with Crippen molar-refractivity contribution in [3.63, 3.8) is 0 Å². The standard InChI is InChI=1S/C22H28N2O2/c1-16(2)23-22(26)18(4)24(15-20-12-10-17(3)11-13-20)21(25)14-19-8-6-5-7-9-19/h5-13,16,18H,14-15H2,1-4H3,(H,23,26)/t18-/m1/s1. The molecule has 2 aromatic rings. The van der Waals surface area contributed by atoms with Gasteiger partial charge in [0.05, 0.1) is 6.42 Å². The second-order valence-electron chi connectivity index (χ2n) is 7.01. The molecule has 2 rings (SSSR count). The Labute approximate surface area is 156 Å². The number of hydrogen-bond acceptors (Lipinski definition) is 2. The Bertz CT molecular complexity index is 724. The van der Waals surface area contributed by atoms with E-state index in [0.717, 1.165) is 11.1 Å². The number of benzene rings is 2. The average Bonchev–Trinajstić information content (AvgIpc) is 2.60. The highest BCUT2D eigenvalue weighted by molar-refractivity contribution is 5.88. The molecule has 1 N–H and O–H groups in total. The van der Waals surface area contributed by atoms with E-state index in [1.54, 1.807) is 11.8 Å². The predicted octanol–water partition coefficient (Wildman–Crippen LogP) is 3.48. The molecule has 2 aromatic carbocycles. The molecule has 0 aliphatic heterocycles. The largest absolute Gasteiger partial charge is 0.352 e. The topological polar surface area (TPSA) is 49.4 Å². The lowest BCUT2D eigenvalue weighted by molar-refractivity contribution is -0.140. The fourth-order valence-corrected chi connectivity index (χ4v) is 2.75. The average molecular weight is 352 g/mol. The van der Waals surface area contributed by atoms with Crippen molar-refractivity contribution in [2.45, 2.75) is 52.7 Å². The molecule has 0 radical (unpaired) electrons. The highest BCUT2D eigenvalue weighted by Gasteiger charge is 2.26. The Morgan fingerprint density at radius 3 is 2.12 bits per heavy atom. The van der Waals surface area contributed by atoms with Crippen LogP contribution in [0.15, 0.2) is 54.6 Å². The molecule has 0 unspecified atom stereocenters. The zero-order chi connectivity index (χ0) is 19.1. The van der Waals surface area contributed by atoms with E-state index in [9.17, 15) is 9.59 Å². The van der Waals surface area contributed by atoms with E-state index < -0.39 is 6.04 Å². The Hall–Kier alpha value is -2.62. The van der Waals surface area contributed by atoms with Crippen LogP contribution in [0, 0.1) is 6.92 Å². The minimum atomic E-state index is -0.532. The highest BCUT2D eigenvalue weighted by atomic mass is 16.2. The second-order valence-corrected chi connectivity index (χ2v) is 7.01. The number of amides is 2.